The summed E-state index contributed by atoms with van der Waals surface area (Å²) in [5.41, 5.74) is 0.750. The largest absolute Gasteiger partial charge is 0.493 e. The maximum atomic E-state index is 13.3. The molecule has 0 aromatic heterocycles. The Bertz CT molecular complexity index is 891. The fourth-order valence-electron chi connectivity index (χ4n) is 3.87. The molecule has 1 aliphatic rings. The van der Waals surface area contributed by atoms with E-state index in [4.69, 9.17) is 14.2 Å². The van der Waals surface area contributed by atoms with Crippen molar-refractivity contribution >= 4 is 11.9 Å². The summed E-state index contributed by atoms with van der Waals surface area (Å²) in [5, 5.41) is 2.73. The van der Waals surface area contributed by atoms with Crippen molar-refractivity contribution < 1.29 is 28.2 Å². The van der Waals surface area contributed by atoms with Gasteiger partial charge in [-0.15, -0.1) is 0 Å². The van der Waals surface area contributed by atoms with E-state index in [1.54, 1.807) is 38.5 Å². The third-order valence-corrected chi connectivity index (χ3v) is 5.52. The Labute approximate surface area is 175 Å². The summed E-state index contributed by atoms with van der Waals surface area (Å²) in [7, 11) is 3.09. The number of amides is 1. The molecule has 1 saturated carbocycles. The van der Waals surface area contributed by atoms with Gasteiger partial charge in [0.15, 0.2) is 18.1 Å². The van der Waals surface area contributed by atoms with Gasteiger partial charge in [0.1, 0.15) is 5.82 Å². The lowest BCUT2D eigenvalue weighted by Crippen LogP contribution is -2.37. The van der Waals surface area contributed by atoms with E-state index >= 15 is 0 Å². The number of carbonyl (C=O) groups excluding carboxylic acids is 2. The van der Waals surface area contributed by atoms with E-state index in [1.165, 1.54) is 12.1 Å². The van der Waals surface area contributed by atoms with Crippen LogP contribution in [0.2, 0.25) is 0 Å². The molecule has 2 aromatic carbocycles. The maximum Gasteiger partial charge on any atom is 0.317 e. The summed E-state index contributed by atoms with van der Waals surface area (Å²) >= 11 is 0. The monoisotopic (exact) mass is 415 g/mol. The minimum atomic E-state index is -0.808. The highest BCUT2D eigenvalue weighted by atomic mass is 19.1. The van der Waals surface area contributed by atoms with Gasteiger partial charge in [0.2, 0.25) is 0 Å². The average molecular weight is 415 g/mol. The Hall–Kier alpha value is -3.09. The Morgan fingerprint density at radius 1 is 1.00 bits per heavy atom. The number of hydrogen-bond donors (Lipinski definition) is 1. The zero-order valence-electron chi connectivity index (χ0n) is 17.2. The standard InChI is InChI=1S/C23H26FNO5/c1-28-19-10-5-16(13-20(19)29-2)14-25-21(26)15-30-22(27)23(11-3-4-12-23)17-6-8-18(24)9-7-17/h5-10,13H,3-4,11-12,14-15H2,1-2H3,(H,25,26). The molecule has 7 heteroatoms. The van der Waals surface area contributed by atoms with Crippen LogP contribution in [0.25, 0.3) is 0 Å². The summed E-state index contributed by atoms with van der Waals surface area (Å²) in [4.78, 5) is 25.1. The Morgan fingerprint density at radius 3 is 2.30 bits per heavy atom. The number of benzene rings is 2. The normalized spacial score (nSPS) is 14.8. The van der Waals surface area contributed by atoms with Gasteiger partial charge in [-0.1, -0.05) is 31.0 Å². The maximum absolute atomic E-state index is 13.3. The summed E-state index contributed by atoms with van der Waals surface area (Å²) in [5.74, 6) is -0.0182. The van der Waals surface area contributed by atoms with Crippen LogP contribution < -0.4 is 14.8 Å². The number of esters is 1. The number of ether oxygens (including phenoxy) is 3. The summed E-state index contributed by atoms with van der Waals surface area (Å²) in [6.07, 6.45) is 3.03. The summed E-state index contributed by atoms with van der Waals surface area (Å²) < 4.78 is 29.1. The number of methoxy groups -OCH3 is 2. The van der Waals surface area contributed by atoms with Gasteiger partial charge >= 0.3 is 5.97 Å². The lowest BCUT2D eigenvalue weighted by molar-refractivity contribution is -0.154. The minimum Gasteiger partial charge on any atom is -0.493 e. The minimum absolute atomic E-state index is 0.264. The summed E-state index contributed by atoms with van der Waals surface area (Å²) in [6.45, 7) is -0.102. The molecule has 6 nitrogen and oxygen atoms in total. The van der Waals surface area contributed by atoms with Crippen LogP contribution in [0.1, 0.15) is 36.8 Å². The molecule has 1 fully saturated rings. The first-order chi connectivity index (χ1) is 14.5. The van der Waals surface area contributed by atoms with Crippen molar-refractivity contribution in [3.8, 4) is 11.5 Å². The second kappa shape index (κ2) is 9.61. The van der Waals surface area contributed by atoms with Crippen molar-refractivity contribution in [3.63, 3.8) is 0 Å². The summed E-state index contributed by atoms with van der Waals surface area (Å²) in [6, 6.07) is 11.3. The third-order valence-electron chi connectivity index (χ3n) is 5.52. The number of hydrogen-bond acceptors (Lipinski definition) is 5. The molecule has 30 heavy (non-hydrogen) atoms. The Morgan fingerprint density at radius 2 is 1.67 bits per heavy atom. The molecule has 0 heterocycles. The molecule has 3 rings (SSSR count). The highest BCUT2D eigenvalue weighted by Gasteiger charge is 2.44. The Kier molecular flexibility index (Phi) is 6.92. The van der Waals surface area contributed by atoms with E-state index in [-0.39, 0.29) is 19.0 Å². The van der Waals surface area contributed by atoms with Crippen LogP contribution >= 0.6 is 0 Å². The van der Waals surface area contributed by atoms with Crippen LogP contribution in [0.4, 0.5) is 4.39 Å². The molecule has 160 valence electrons. The van der Waals surface area contributed by atoms with Crippen molar-refractivity contribution in [2.45, 2.75) is 37.6 Å². The second-order valence-electron chi connectivity index (χ2n) is 7.34. The van der Waals surface area contributed by atoms with Gasteiger partial charge in [0.05, 0.1) is 19.6 Å². The molecule has 1 aliphatic carbocycles. The molecular formula is C23H26FNO5. The highest BCUT2D eigenvalue weighted by Crippen LogP contribution is 2.42. The van der Waals surface area contributed by atoms with Crippen molar-refractivity contribution in [2.75, 3.05) is 20.8 Å². The smallest absolute Gasteiger partial charge is 0.317 e. The van der Waals surface area contributed by atoms with Gasteiger partial charge in [-0.25, -0.2) is 4.39 Å². The molecule has 1 amide bonds. The van der Waals surface area contributed by atoms with Gasteiger partial charge in [-0.2, -0.15) is 0 Å². The van der Waals surface area contributed by atoms with Gasteiger partial charge in [-0.3, -0.25) is 9.59 Å². The number of rotatable bonds is 8. The molecule has 0 unspecified atom stereocenters. The first-order valence-corrected chi connectivity index (χ1v) is 9.89. The van der Waals surface area contributed by atoms with E-state index in [2.05, 4.69) is 5.32 Å². The fraction of sp³-hybridized carbons (Fsp3) is 0.391. The fourth-order valence-corrected chi connectivity index (χ4v) is 3.87. The Balaban J connectivity index is 1.57. The second-order valence-corrected chi connectivity index (χ2v) is 7.34. The lowest BCUT2D eigenvalue weighted by atomic mass is 9.79. The van der Waals surface area contributed by atoms with Gasteiger partial charge in [-0.05, 0) is 48.2 Å². The van der Waals surface area contributed by atoms with Crippen LogP contribution in [0, 0.1) is 5.82 Å². The number of nitrogens with one attached hydrogen (secondary N) is 1. The van der Waals surface area contributed by atoms with Crippen LogP contribution in [0.3, 0.4) is 0 Å². The van der Waals surface area contributed by atoms with Gasteiger partial charge < -0.3 is 19.5 Å². The van der Waals surface area contributed by atoms with E-state index in [0.29, 0.717) is 24.3 Å². The van der Waals surface area contributed by atoms with Gasteiger partial charge in [0, 0.05) is 6.54 Å². The van der Waals surface area contributed by atoms with Crippen molar-refractivity contribution in [1.29, 1.82) is 0 Å². The van der Waals surface area contributed by atoms with E-state index < -0.39 is 17.3 Å². The SMILES string of the molecule is COc1ccc(CNC(=O)COC(=O)C2(c3ccc(F)cc3)CCCC2)cc1OC. The predicted octanol–water partition coefficient (Wildman–Crippen LogP) is 3.51. The molecule has 0 radical (unpaired) electrons. The average Bonchev–Trinajstić information content (AvgIpc) is 3.27. The van der Waals surface area contributed by atoms with Crippen molar-refractivity contribution in [1.82, 2.24) is 5.32 Å². The molecule has 0 saturated heterocycles. The van der Waals surface area contributed by atoms with Crippen molar-refractivity contribution in [2.24, 2.45) is 0 Å². The first kappa shape index (κ1) is 21.6. The molecule has 0 bridgehead atoms. The lowest BCUT2D eigenvalue weighted by Gasteiger charge is -2.27. The molecule has 0 aliphatic heterocycles. The quantitative estimate of drug-likeness (QED) is 0.668. The predicted molar refractivity (Wildman–Crippen MR) is 109 cm³/mol. The zero-order chi connectivity index (χ0) is 21.6. The topological polar surface area (TPSA) is 73.9 Å². The van der Waals surface area contributed by atoms with E-state index in [9.17, 15) is 14.0 Å². The molecule has 1 N–H and O–H groups in total. The van der Waals surface area contributed by atoms with Crippen LogP contribution in [0.15, 0.2) is 42.5 Å². The highest BCUT2D eigenvalue weighted by molar-refractivity contribution is 5.86. The van der Waals surface area contributed by atoms with E-state index in [1.807, 2.05) is 6.07 Å². The van der Waals surface area contributed by atoms with Crippen molar-refractivity contribution in [3.05, 3.63) is 59.4 Å². The van der Waals surface area contributed by atoms with Crippen LogP contribution in [-0.2, 0) is 26.3 Å². The molecule has 0 spiro atoms. The van der Waals surface area contributed by atoms with E-state index in [0.717, 1.165) is 24.0 Å². The van der Waals surface area contributed by atoms with Crippen LogP contribution in [-0.4, -0.2) is 32.7 Å². The molecular weight excluding hydrogens is 389 g/mol. The number of halogens is 1. The zero-order valence-corrected chi connectivity index (χ0v) is 17.2. The number of carbonyl (C=O) groups is 2. The van der Waals surface area contributed by atoms with Gasteiger partial charge in [0.25, 0.3) is 5.91 Å². The molecule has 2 aromatic rings. The van der Waals surface area contributed by atoms with Crippen LogP contribution in [0.5, 0.6) is 11.5 Å². The molecule has 0 atom stereocenters. The first-order valence-electron chi connectivity index (χ1n) is 9.89. The third kappa shape index (κ3) is 4.72.